The van der Waals surface area contributed by atoms with Gasteiger partial charge in [0.15, 0.2) is 0 Å². The monoisotopic (exact) mass is 244 g/mol. The fourth-order valence-corrected chi connectivity index (χ4v) is 2.64. The summed E-state index contributed by atoms with van der Waals surface area (Å²) in [7, 11) is 1.73. The van der Waals surface area contributed by atoms with Crippen molar-refractivity contribution in [2.24, 2.45) is 0 Å². The highest BCUT2D eigenvalue weighted by molar-refractivity contribution is 5.28. The van der Waals surface area contributed by atoms with Crippen LogP contribution in [0.1, 0.15) is 50.5 Å². The molecule has 0 spiro atoms. The first-order valence-electron chi connectivity index (χ1n) is 7.19. The Labute approximate surface area is 111 Å². The maximum Gasteiger partial charge on any atom is 0.119 e. The first-order chi connectivity index (χ1) is 8.88. The molecular weight excluding hydrogens is 220 g/mol. The Kier molecular flexibility index (Phi) is 5.32. The van der Waals surface area contributed by atoms with E-state index in [4.69, 9.17) is 4.74 Å². The van der Waals surface area contributed by atoms with Crippen molar-refractivity contribution in [3.63, 3.8) is 0 Å². The third-order valence-corrected chi connectivity index (χ3v) is 3.73. The van der Waals surface area contributed by atoms with Crippen molar-refractivity contribution in [1.29, 1.82) is 0 Å². The SMILES string of the molecule is COc1cccc(CCCCC2=CCCCC2)c1. The minimum Gasteiger partial charge on any atom is -0.497 e. The van der Waals surface area contributed by atoms with Gasteiger partial charge in [-0.2, -0.15) is 0 Å². The van der Waals surface area contributed by atoms with Crippen LogP contribution in [0.4, 0.5) is 0 Å². The smallest absolute Gasteiger partial charge is 0.119 e. The summed E-state index contributed by atoms with van der Waals surface area (Å²) in [4.78, 5) is 0. The molecule has 0 unspecified atom stereocenters. The van der Waals surface area contributed by atoms with Crippen molar-refractivity contribution in [3.05, 3.63) is 41.5 Å². The molecule has 98 valence electrons. The van der Waals surface area contributed by atoms with Gasteiger partial charge in [-0.05, 0) is 69.1 Å². The summed E-state index contributed by atoms with van der Waals surface area (Å²) in [5.41, 5.74) is 3.10. The molecule has 0 aliphatic heterocycles. The van der Waals surface area contributed by atoms with Crippen molar-refractivity contribution in [1.82, 2.24) is 0 Å². The van der Waals surface area contributed by atoms with Gasteiger partial charge in [0.2, 0.25) is 0 Å². The maximum atomic E-state index is 5.25. The predicted molar refractivity (Wildman–Crippen MR) is 77.1 cm³/mol. The largest absolute Gasteiger partial charge is 0.497 e. The Morgan fingerprint density at radius 2 is 2.00 bits per heavy atom. The third kappa shape index (κ3) is 4.21. The van der Waals surface area contributed by atoms with Crippen LogP contribution in [0.25, 0.3) is 0 Å². The first kappa shape index (κ1) is 13.2. The molecule has 0 fully saturated rings. The van der Waals surface area contributed by atoms with E-state index >= 15 is 0 Å². The number of aryl methyl sites for hydroxylation is 1. The number of unbranched alkanes of at least 4 members (excludes halogenated alkanes) is 1. The fraction of sp³-hybridized carbons (Fsp3) is 0.529. The molecular formula is C17H24O. The number of ether oxygens (including phenoxy) is 1. The summed E-state index contributed by atoms with van der Waals surface area (Å²) >= 11 is 0. The number of hydrogen-bond donors (Lipinski definition) is 0. The van der Waals surface area contributed by atoms with E-state index < -0.39 is 0 Å². The van der Waals surface area contributed by atoms with E-state index in [1.54, 1.807) is 12.7 Å². The van der Waals surface area contributed by atoms with Crippen molar-refractivity contribution in [2.75, 3.05) is 7.11 Å². The summed E-state index contributed by atoms with van der Waals surface area (Å²) < 4.78 is 5.25. The Balaban J connectivity index is 1.69. The summed E-state index contributed by atoms with van der Waals surface area (Å²) in [6.45, 7) is 0. The highest BCUT2D eigenvalue weighted by Crippen LogP contribution is 2.22. The van der Waals surface area contributed by atoms with Gasteiger partial charge in [-0.1, -0.05) is 23.8 Å². The molecule has 2 rings (SSSR count). The minimum atomic E-state index is 0.975. The summed E-state index contributed by atoms with van der Waals surface area (Å²) in [6.07, 6.45) is 13.0. The Morgan fingerprint density at radius 3 is 2.78 bits per heavy atom. The lowest BCUT2D eigenvalue weighted by Gasteiger charge is -2.12. The normalized spacial score (nSPS) is 15.3. The van der Waals surface area contributed by atoms with Crippen molar-refractivity contribution in [3.8, 4) is 5.75 Å². The van der Waals surface area contributed by atoms with Crippen molar-refractivity contribution in [2.45, 2.75) is 51.4 Å². The van der Waals surface area contributed by atoms with E-state index in [9.17, 15) is 0 Å². The van der Waals surface area contributed by atoms with Crippen LogP contribution in [-0.2, 0) is 6.42 Å². The van der Waals surface area contributed by atoms with Gasteiger partial charge in [0, 0.05) is 0 Å². The minimum absolute atomic E-state index is 0.975. The Morgan fingerprint density at radius 1 is 1.11 bits per heavy atom. The lowest BCUT2D eigenvalue weighted by Crippen LogP contribution is -1.93. The zero-order chi connectivity index (χ0) is 12.6. The fourth-order valence-electron chi connectivity index (χ4n) is 2.64. The predicted octanol–water partition coefficient (Wildman–Crippen LogP) is 4.91. The average Bonchev–Trinajstić information content (AvgIpc) is 2.45. The average molecular weight is 244 g/mol. The van der Waals surface area contributed by atoms with Crippen LogP contribution < -0.4 is 4.74 Å². The van der Waals surface area contributed by atoms with E-state index in [1.807, 2.05) is 6.07 Å². The van der Waals surface area contributed by atoms with Gasteiger partial charge in [-0.15, -0.1) is 0 Å². The molecule has 1 aromatic rings. The van der Waals surface area contributed by atoms with E-state index in [0.717, 1.165) is 5.75 Å². The van der Waals surface area contributed by atoms with E-state index in [0.29, 0.717) is 0 Å². The summed E-state index contributed by atoms with van der Waals surface area (Å²) in [5.74, 6) is 0.975. The highest BCUT2D eigenvalue weighted by atomic mass is 16.5. The zero-order valence-corrected chi connectivity index (χ0v) is 11.5. The van der Waals surface area contributed by atoms with E-state index in [1.165, 1.54) is 56.9 Å². The van der Waals surface area contributed by atoms with Gasteiger partial charge in [0.25, 0.3) is 0 Å². The number of rotatable bonds is 6. The number of methoxy groups -OCH3 is 1. The van der Waals surface area contributed by atoms with Gasteiger partial charge in [-0.25, -0.2) is 0 Å². The summed E-state index contributed by atoms with van der Waals surface area (Å²) in [5, 5.41) is 0. The van der Waals surface area contributed by atoms with Crippen LogP contribution >= 0.6 is 0 Å². The van der Waals surface area contributed by atoms with Gasteiger partial charge < -0.3 is 4.74 Å². The van der Waals surface area contributed by atoms with Gasteiger partial charge >= 0.3 is 0 Å². The second kappa shape index (κ2) is 7.25. The Hall–Kier alpha value is -1.24. The number of hydrogen-bond acceptors (Lipinski definition) is 1. The molecule has 18 heavy (non-hydrogen) atoms. The van der Waals surface area contributed by atoms with Gasteiger partial charge in [0.05, 0.1) is 7.11 Å². The van der Waals surface area contributed by atoms with Crippen LogP contribution in [0, 0.1) is 0 Å². The lowest BCUT2D eigenvalue weighted by molar-refractivity contribution is 0.414. The van der Waals surface area contributed by atoms with E-state index in [2.05, 4.69) is 24.3 Å². The van der Waals surface area contributed by atoms with Gasteiger partial charge in [0.1, 0.15) is 5.75 Å². The van der Waals surface area contributed by atoms with E-state index in [-0.39, 0.29) is 0 Å². The molecule has 0 atom stereocenters. The molecule has 1 nitrogen and oxygen atoms in total. The molecule has 1 aliphatic rings. The zero-order valence-electron chi connectivity index (χ0n) is 11.5. The number of benzene rings is 1. The second-order valence-corrected chi connectivity index (χ2v) is 5.17. The van der Waals surface area contributed by atoms with Crippen LogP contribution in [0.15, 0.2) is 35.9 Å². The molecule has 0 radical (unpaired) electrons. The maximum absolute atomic E-state index is 5.25. The first-order valence-corrected chi connectivity index (χ1v) is 7.19. The molecule has 1 aromatic carbocycles. The highest BCUT2D eigenvalue weighted by Gasteiger charge is 2.03. The number of allylic oxidation sites excluding steroid dienone is 2. The third-order valence-electron chi connectivity index (χ3n) is 3.73. The van der Waals surface area contributed by atoms with Crippen LogP contribution in [0.2, 0.25) is 0 Å². The molecule has 0 amide bonds. The standard InChI is InChI=1S/C17H24O/c1-18-17-13-7-12-16(14-17)11-6-5-10-15-8-3-2-4-9-15/h7-8,12-14H,2-6,9-11H2,1H3. The quantitative estimate of drug-likeness (QED) is 0.510. The molecule has 0 saturated heterocycles. The van der Waals surface area contributed by atoms with Crippen molar-refractivity contribution >= 4 is 0 Å². The molecule has 0 bridgehead atoms. The summed E-state index contributed by atoms with van der Waals surface area (Å²) in [6, 6.07) is 8.44. The molecule has 0 aromatic heterocycles. The lowest BCUT2D eigenvalue weighted by atomic mass is 9.95. The van der Waals surface area contributed by atoms with Crippen molar-refractivity contribution < 1.29 is 4.74 Å². The topological polar surface area (TPSA) is 9.23 Å². The van der Waals surface area contributed by atoms with Crippen LogP contribution in [0.3, 0.4) is 0 Å². The second-order valence-electron chi connectivity index (χ2n) is 5.17. The van der Waals surface area contributed by atoms with Crippen LogP contribution in [0.5, 0.6) is 5.75 Å². The Bertz CT molecular complexity index is 392. The molecule has 1 heteroatoms. The van der Waals surface area contributed by atoms with Gasteiger partial charge in [-0.3, -0.25) is 0 Å². The molecule has 0 heterocycles. The molecule has 0 saturated carbocycles. The van der Waals surface area contributed by atoms with Crippen LogP contribution in [-0.4, -0.2) is 7.11 Å². The molecule has 0 N–H and O–H groups in total. The molecule has 1 aliphatic carbocycles.